The molecule has 5 N–H and O–H groups in total. The SMILES string of the molecule is O=C(OCCC(P(=O)([O-])O)P(=O)([O-])O)c1cc(C(=O)O)c2c(n1)C(=O)C(=O)c1cc(C(=O)O)[nH]c1-2. The van der Waals surface area contributed by atoms with Crippen molar-refractivity contribution in [3.8, 4) is 11.3 Å². The highest BCUT2D eigenvalue weighted by molar-refractivity contribution is 7.69. The van der Waals surface area contributed by atoms with Crippen LogP contribution < -0.4 is 9.79 Å². The van der Waals surface area contributed by atoms with Crippen LogP contribution in [0.1, 0.15) is 58.6 Å². The van der Waals surface area contributed by atoms with Gasteiger partial charge in [0.25, 0.3) is 5.78 Å². The van der Waals surface area contributed by atoms with Crippen LogP contribution in [0.4, 0.5) is 0 Å². The lowest BCUT2D eigenvalue weighted by molar-refractivity contribution is -0.206. The van der Waals surface area contributed by atoms with Crippen LogP contribution in [0.3, 0.4) is 0 Å². The molecule has 0 saturated carbocycles. The summed E-state index contributed by atoms with van der Waals surface area (Å²) < 4.78 is 26.9. The van der Waals surface area contributed by atoms with Gasteiger partial charge >= 0.3 is 17.9 Å². The summed E-state index contributed by atoms with van der Waals surface area (Å²) in [4.78, 5) is 106. The maximum Gasteiger partial charge on any atom is 0.356 e. The molecule has 2 atom stereocenters. The van der Waals surface area contributed by atoms with Gasteiger partial charge in [0, 0.05) is 12.0 Å². The summed E-state index contributed by atoms with van der Waals surface area (Å²) in [6, 6.07) is 1.46. The van der Waals surface area contributed by atoms with Gasteiger partial charge in [-0.3, -0.25) is 9.59 Å². The van der Waals surface area contributed by atoms with E-state index in [9.17, 15) is 48.0 Å². The monoisotopic (exact) mass is 530 g/mol. The average molecular weight is 530 g/mol. The molecule has 2 aromatic heterocycles. The van der Waals surface area contributed by atoms with Gasteiger partial charge in [-0.15, -0.1) is 0 Å². The molecule has 18 heteroatoms. The summed E-state index contributed by atoms with van der Waals surface area (Å²) in [6.07, 6.45) is -1.10. The number of hydrogen-bond donors (Lipinski definition) is 5. The lowest BCUT2D eigenvalue weighted by Crippen LogP contribution is -2.26. The van der Waals surface area contributed by atoms with Gasteiger partial charge in [0.1, 0.15) is 32.3 Å². The lowest BCUT2D eigenvalue weighted by atomic mass is 9.88. The Hall–Kier alpha value is -3.52. The van der Waals surface area contributed by atoms with Crippen LogP contribution in [0.5, 0.6) is 0 Å². The van der Waals surface area contributed by atoms with Crippen LogP contribution in [-0.2, 0) is 13.9 Å². The number of fused-ring (bicyclic) bond motifs is 3. The number of carbonyl (C=O) groups excluding carboxylic acids is 3. The summed E-state index contributed by atoms with van der Waals surface area (Å²) in [7, 11) is -11.2. The highest BCUT2D eigenvalue weighted by atomic mass is 31.2. The molecule has 0 aliphatic heterocycles. The largest absolute Gasteiger partial charge is 0.778 e. The molecule has 3 rings (SSSR count). The number of aromatic amines is 1. The van der Waals surface area contributed by atoms with E-state index in [0.29, 0.717) is 6.07 Å². The van der Waals surface area contributed by atoms with Crippen LogP contribution >= 0.6 is 15.2 Å². The van der Waals surface area contributed by atoms with E-state index in [1.54, 1.807) is 0 Å². The van der Waals surface area contributed by atoms with Crippen LogP contribution in [0, 0.1) is 0 Å². The molecule has 2 aromatic rings. The fourth-order valence-electron chi connectivity index (χ4n) is 3.25. The Morgan fingerprint density at radius 1 is 1.03 bits per heavy atom. The molecule has 0 saturated heterocycles. The van der Waals surface area contributed by atoms with Gasteiger partial charge in [0.15, 0.2) is 0 Å². The molecule has 0 spiro atoms. The summed E-state index contributed by atoms with van der Waals surface area (Å²) in [6.45, 7) is -1.01. The number of H-pyrrole nitrogens is 1. The Morgan fingerprint density at radius 2 is 1.63 bits per heavy atom. The Bertz CT molecular complexity index is 1380. The number of nitrogens with one attached hydrogen (secondary N) is 1. The molecule has 2 heterocycles. The van der Waals surface area contributed by atoms with Gasteiger partial charge in [0.05, 0.1) is 28.8 Å². The van der Waals surface area contributed by atoms with Crippen molar-refractivity contribution in [2.45, 2.75) is 11.8 Å². The third-order valence-electron chi connectivity index (χ3n) is 4.79. The average Bonchev–Trinajstić information content (AvgIpc) is 3.18. The quantitative estimate of drug-likeness (QED) is 0.152. The maximum absolute atomic E-state index is 12.5. The van der Waals surface area contributed by atoms with Crippen molar-refractivity contribution < 1.29 is 67.6 Å². The van der Waals surface area contributed by atoms with E-state index in [1.165, 1.54) is 0 Å². The summed E-state index contributed by atoms with van der Waals surface area (Å²) >= 11 is 0. The molecule has 2 unspecified atom stereocenters. The van der Waals surface area contributed by atoms with Crippen LogP contribution in [0.2, 0.25) is 0 Å². The molecule has 0 radical (unpaired) electrons. The first kappa shape index (κ1) is 26.1. The number of rotatable bonds is 8. The Kier molecular flexibility index (Phi) is 6.65. The molecule has 0 aromatic carbocycles. The summed E-state index contributed by atoms with van der Waals surface area (Å²) in [5, 5.41) is 16.0. The van der Waals surface area contributed by atoms with Gasteiger partial charge in [-0.2, -0.15) is 0 Å². The Labute approximate surface area is 192 Å². The fraction of sp³-hybridized carbons (Fsp3) is 0.176. The molecule has 1 aliphatic carbocycles. The van der Waals surface area contributed by atoms with Gasteiger partial charge in [-0.1, -0.05) is 0 Å². The Balaban J connectivity index is 1.99. The molecule has 186 valence electrons. The third kappa shape index (κ3) is 4.98. The molecule has 1 aliphatic rings. The van der Waals surface area contributed by atoms with Crippen molar-refractivity contribution in [2.75, 3.05) is 6.61 Å². The minimum atomic E-state index is -5.60. The molecule has 35 heavy (non-hydrogen) atoms. The van der Waals surface area contributed by atoms with Crippen molar-refractivity contribution in [3.05, 3.63) is 40.3 Å². The number of aromatic carboxylic acids is 2. The third-order valence-corrected chi connectivity index (χ3v) is 8.56. The predicted octanol–water partition coefficient (Wildman–Crippen LogP) is -1.18. The lowest BCUT2D eigenvalue weighted by Gasteiger charge is -2.33. The molecule has 16 nitrogen and oxygen atoms in total. The zero-order valence-corrected chi connectivity index (χ0v) is 18.6. The minimum absolute atomic E-state index is 0.335. The highest BCUT2D eigenvalue weighted by Crippen LogP contribution is 2.56. The maximum atomic E-state index is 12.5. The molecular formula is C17H12N2O14P2-2. The number of Topliss-reactive ketones (excluding diaryl/α,β-unsaturated/α-hetero) is 2. The van der Waals surface area contributed by atoms with Gasteiger partial charge in [-0.05, 0) is 12.1 Å². The van der Waals surface area contributed by atoms with E-state index >= 15 is 0 Å². The van der Waals surface area contributed by atoms with Crippen molar-refractivity contribution in [1.29, 1.82) is 0 Å². The molecule has 0 amide bonds. The topological polar surface area (TPSA) is 284 Å². The van der Waals surface area contributed by atoms with Crippen molar-refractivity contribution in [2.24, 2.45) is 0 Å². The van der Waals surface area contributed by atoms with E-state index in [4.69, 9.17) is 14.9 Å². The number of ketones is 2. The Morgan fingerprint density at radius 3 is 2.14 bits per heavy atom. The fourth-order valence-corrected chi connectivity index (χ4v) is 5.59. The van der Waals surface area contributed by atoms with Crippen molar-refractivity contribution in [1.82, 2.24) is 9.97 Å². The number of hydrogen-bond acceptors (Lipinski definition) is 11. The second-order valence-electron chi connectivity index (χ2n) is 7.05. The number of nitrogens with zero attached hydrogens (tertiary/aromatic N) is 1. The number of carboxylic acid groups (broad SMARTS) is 2. The highest BCUT2D eigenvalue weighted by Gasteiger charge is 2.38. The van der Waals surface area contributed by atoms with Crippen molar-refractivity contribution in [3.63, 3.8) is 0 Å². The number of carbonyl (C=O) groups is 5. The van der Waals surface area contributed by atoms with Crippen LogP contribution in [-0.4, -0.2) is 71.4 Å². The van der Waals surface area contributed by atoms with E-state index in [1.807, 2.05) is 0 Å². The summed E-state index contributed by atoms with van der Waals surface area (Å²) in [5.74, 6) is -7.30. The van der Waals surface area contributed by atoms with E-state index < -0.39 is 96.9 Å². The van der Waals surface area contributed by atoms with Crippen molar-refractivity contribution >= 4 is 44.7 Å². The van der Waals surface area contributed by atoms with Crippen LogP contribution in [0.15, 0.2) is 12.1 Å². The number of aromatic nitrogens is 2. The predicted molar refractivity (Wildman–Crippen MR) is 105 cm³/mol. The standard InChI is InChI=1S/C17H14N2O14P2/c20-13-6-4-7(16(24)25)18-11(6)10-5(15(22)23)3-8(19-12(10)14(13)21)17(26)33-2-1-9(34(27,28)29)35(30,31)32/h3-4,9,18H,1-2H2,(H,22,23)(H,24,25)(H2,27,28,29)(H2,30,31,32)/p-2. The zero-order chi connectivity index (χ0) is 26.5. The number of esters is 1. The zero-order valence-electron chi connectivity index (χ0n) is 16.9. The normalized spacial score (nSPS) is 16.9. The first-order valence-corrected chi connectivity index (χ1v) is 12.4. The van der Waals surface area contributed by atoms with Gasteiger partial charge in [0.2, 0.25) is 5.78 Å². The second-order valence-corrected chi connectivity index (χ2v) is 11.0. The van der Waals surface area contributed by atoms with E-state index in [-0.39, 0.29) is 5.69 Å². The second kappa shape index (κ2) is 8.92. The molecule has 0 bridgehead atoms. The van der Waals surface area contributed by atoms with Gasteiger partial charge in [-0.25, -0.2) is 19.4 Å². The van der Waals surface area contributed by atoms with E-state index in [2.05, 4.69) is 14.7 Å². The minimum Gasteiger partial charge on any atom is -0.778 e. The summed E-state index contributed by atoms with van der Waals surface area (Å²) in [5.41, 5.74) is -4.18. The molecular weight excluding hydrogens is 518 g/mol. The van der Waals surface area contributed by atoms with E-state index in [0.717, 1.165) is 6.07 Å². The smallest absolute Gasteiger partial charge is 0.356 e. The number of ether oxygens (including phenoxy) is 1. The first-order valence-electron chi connectivity index (χ1n) is 9.12. The van der Waals surface area contributed by atoms with Crippen LogP contribution in [0.25, 0.3) is 11.3 Å². The number of carboxylic acids is 2. The van der Waals surface area contributed by atoms with Gasteiger partial charge < -0.3 is 48.6 Å². The molecule has 0 fully saturated rings. The number of pyridine rings is 1. The first-order chi connectivity index (χ1) is 16.0.